The van der Waals surface area contributed by atoms with Crippen LogP contribution in [0, 0.1) is 5.92 Å². The Morgan fingerprint density at radius 3 is 3.09 bits per heavy atom. The minimum absolute atomic E-state index is 0.144. The van der Waals surface area contributed by atoms with Gasteiger partial charge in [0.05, 0.1) is 12.1 Å². The monoisotopic (exact) mass is 301 g/mol. The number of nitrogens with zero attached hydrogens (tertiary/aromatic N) is 3. The van der Waals surface area contributed by atoms with E-state index in [4.69, 9.17) is 4.74 Å². The molecular formula is C17H23N3O2. The van der Waals surface area contributed by atoms with Crippen LogP contribution in [0.3, 0.4) is 0 Å². The molecule has 1 atom stereocenters. The van der Waals surface area contributed by atoms with Gasteiger partial charge in [0.25, 0.3) is 0 Å². The Morgan fingerprint density at radius 1 is 1.41 bits per heavy atom. The molecule has 1 aromatic heterocycles. The summed E-state index contributed by atoms with van der Waals surface area (Å²) in [6.07, 6.45) is 4.02. The standard InChI is InChI=1S/C17H23N3O2/c1-2-9-22-13-14-7-8-19(10-14)17(21)12-20-11-15-5-3-4-6-16(15)18-20/h3-6,11,14H,2,7-10,12-13H2,1H3/t14-/m1/s1. The van der Waals surface area contributed by atoms with Crippen molar-refractivity contribution in [2.75, 3.05) is 26.3 Å². The third-order valence-corrected chi connectivity index (χ3v) is 4.10. The first-order valence-electron chi connectivity index (χ1n) is 8.04. The summed E-state index contributed by atoms with van der Waals surface area (Å²) in [6, 6.07) is 7.92. The summed E-state index contributed by atoms with van der Waals surface area (Å²) in [5.74, 6) is 0.623. The first-order chi connectivity index (χ1) is 10.8. The summed E-state index contributed by atoms with van der Waals surface area (Å²) in [7, 11) is 0. The van der Waals surface area contributed by atoms with Crippen molar-refractivity contribution >= 4 is 16.8 Å². The molecule has 0 N–H and O–H groups in total. The van der Waals surface area contributed by atoms with Crippen molar-refractivity contribution in [2.45, 2.75) is 26.3 Å². The van der Waals surface area contributed by atoms with E-state index in [-0.39, 0.29) is 5.91 Å². The highest BCUT2D eigenvalue weighted by Gasteiger charge is 2.26. The summed E-state index contributed by atoms with van der Waals surface area (Å²) < 4.78 is 7.34. The molecule has 5 heteroatoms. The van der Waals surface area contributed by atoms with E-state index in [1.807, 2.05) is 35.4 Å². The van der Waals surface area contributed by atoms with E-state index in [1.165, 1.54) is 0 Å². The number of amides is 1. The molecule has 1 aliphatic rings. The van der Waals surface area contributed by atoms with Crippen molar-refractivity contribution in [3.8, 4) is 0 Å². The minimum atomic E-state index is 0.144. The van der Waals surface area contributed by atoms with Crippen molar-refractivity contribution < 1.29 is 9.53 Å². The number of likely N-dealkylation sites (tertiary alicyclic amines) is 1. The number of aromatic nitrogens is 2. The number of hydrogen-bond acceptors (Lipinski definition) is 3. The van der Waals surface area contributed by atoms with E-state index in [9.17, 15) is 4.79 Å². The van der Waals surface area contributed by atoms with Crippen LogP contribution in [0.5, 0.6) is 0 Å². The van der Waals surface area contributed by atoms with Gasteiger partial charge in [0, 0.05) is 37.2 Å². The molecule has 1 aliphatic heterocycles. The maximum absolute atomic E-state index is 12.4. The Balaban J connectivity index is 1.54. The molecule has 0 bridgehead atoms. The summed E-state index contributed by atoms with van der Waals surface area (Å²) in [6.45, 7) is 5.65. The van der Waals surface area contributed by atoms with Crippen LogP contribution in [-0.2, 0) is 16.1 Å². The average Bonchev–Trinajstić information content (AvgIpc) is 3.13. The van der Waals surface area contributed by atoms with Crippen molar-refractivity contribution in [3.05, 3.63) is 30.5 Å². The first-order valence-corrected chi connectivity index (χ1v) is 8.04. The molecule has 118 valence electrons. The van der Waals surface area contributed by atoms with Crippen LogP contribution in [0.25, 0.3) is 10.9 Å². The fourth-order valence-electron chi connectivity index (χ4n) is 2.92. The summed E-state index contributed by atoms with van der Waals surface area (Å²) in [5.41, 5.74) is 0.933. The molecule has 0 spiro atoms. The van der Waals surface area contributed by atoms with Crippen molar-refractivity contribution in [1.82, 2.24) is 14.7 Å². The van der Waals surface area contributed by atoms with Crippen molar-refractivity contribution in [1.29, 1.82) is 0 Å². The molecule has 0 unspecified atom stereocenters. The lowest BCUT2D eigenvalue weighted by Gasteiger charge is -2.16. The van der Waals surface area contributed by atoms with Crippen LogP contribution in [0.4, 0.5) is 0 Å². The summed E-state index contributed by atoms with van der Waals surface area (Å²) in [5, 5.41) is 5.52. The Bertz CT molecular complexity index is 605. The molecular weight excluding hydrogens is 278 g/mol. The quantitative estimate of drug-likeness (QED) is 0.769. The molecule has 22 heavy (non-hydrogen) atoms. The SMILES string of the molecule is CCCOC[C@@H]1CCN(C(=O)Cn2cc3ccccc3n2)C1. The van der Waals surface area contributed by atoms with Gasteiger partial charge in [0.15, 0.2) is 0 Å². The Morgan fingerprint density at radius 2 is 2.27 bits per heavy atom. The van der Waals surface area contributed by atoms with E-state index < -0.39 is 0 Å². The molecule has 2 heterocycles. The van der Waals surface area contributed by atoms with Crippen LogP contribution in [-0.4, -0.2) is 46.9 Å². The lowest BCUT2D eigenvalue weighted by atomic mass is 10.1. The number of carbonyl (C=O) groups is 1. The van der Waals surface area contributed by atoms with Crippen molar-refractivity contribution in [2.24, 2.45) is 5.92 Å². The number of carbonyl (C=O) groups excluding carboxylic acids is 1. The Labute approximate surface area is 130 Å². The van der Waals surface area contributed by atoms with E-state index in [0.29, 0.717) is 12.5 Å². The lowest BCUT2D eigenvalue weighted by Crippen LogP contribution is -2.32. The number of ether oxygens (including phenoxy) is 1. The van der Waals surface area contributed by atoms with Crippen LogP contribution < -0.4 is 0 Å². The zero-order valence-electron chi connectivity index (χ0n) is 13.1. The van der Waals surface area contributed by atoms with E-state index in [1.54, 1.807) is 4.68 Å². The molecule has 0 radical (unpaired) electrons. The van der Waals surface area contributed by atoms with Crippen molar-refractivity contribution in [3.63, 3.8) is 0 Å². The van der Waals surface area contributed by atoms with E-state index in [2.05, 4.69) is 12.0 Å². The van der Waals surface area contributed by atoms with E-state index >= 15 is 0 Å². The van der Waals surface area contributed by atoms with Crippen LogP contribution in [0.1, 0.15) is 19.8 Å². The van der Waals surface area contributed by atoms with Crippen LogP contribution in [0.15, 0.2) is 30.5 Å². The average molecular weight is 301 g/mol. The predicted molar refractivity (Wildman–Crippen MR) is 85.5 cm³/mol. The van der Waals surface area contributed by atoms with Gasteiger partial charge in [-0.25, -0.2) is 0 Å². The highest BCUT2D eigenvalue weighted by atomic mass is 16.5. The number of rotatable bonds is 6. The van der Waals surface area contributed by atoms with Crippen LogP contribution >= 0.6 is 0 Å². The first kappa shape index (κ1) is 15.0. The second-order valence-electron chi connectivity index (χ2n) is 5.95. The zero-order valence-corrected chi connectivity index (χ0v) is 13.1. The predicted octanol–water partition coefficient (Wildman–Crippen LogP) is 2.31. The molecule has 2 aromatic rings. The fourth-order valence-corrected chi connectivity index (χ4v) is 2.92. The van der Waals surface area contributed by atoms with Gasteiger partial charge in [-0.15, -0.1) is 0 Å². The third-order valence-electron chi connectivity index (χ3n) is 4.10. The molecule has 0 saturated carbocycles. The second kappa shape index (κ2) is 6.92. The smallest absolute Gasteiger partial charge is 0.244 e. The highest BCUT2D eigenvalue weighted by molar-refractivity contribution is 5.80. The largest absolute Gasteiger partial charge is 0.381 e. The second-order valence-corrected chi connectivity index (χ2v) is 5.95. The molecule has 1 saturated heterocycles. The maximum atomic E-state index is 12.4. The number of fused-ring (bicyclic) bond motifs is 1. The van der Waals surface area contributed by atoms with Gasteiger partial charge >= 0.3 is 0 Å². The molecule has 1 amide bonds. The Hall–Kier alpha value is -1.88. The fraction of sp³-hybridized carbons (Fsp3) is 0.529. The van der Waals surface area contributed by atoms with Crippen LogP contribution in [0.2, 0.25) is 0 Å². The number of benzene rings is 1. The van der Waals surface area contributed by atoms with Gasteiger partial charge in [-0.1, -0.05) is 25.1 Å². The normalized spacial score (nSPS) is 18.2. The van der Waals surface area contributed by atoms with Gasteiger partial charge < -0.3 is 9.64 Å². The van der Waals surface area contributed by atoms with Gasteiger partial charge in [-0.2, -0.15) is 5.10 Å². The summed E-state index contributed by atoms with van der Waals surface area (Å²) in [4.78, 5) is 14.3. The molecule has 0 aliphatic carbocycles. The Kier molecular flexibility index (Phi) is 4.73. The molecule has 1 fully saturated rings. The molecule has 1 aromatic carbocycles. The molecule has 3 rings (SSSR count). The maximum Gasteiger partial charge on any atom is 0.244 e. The zero-order chi connectivity index (χ0) is 15.4. The number of hydrogen-bond donors (Lipinski definition) is 0. The van der Waals surface area contributed by atoms with Gasteiger partial charge in [0.2, 0.25) is 5.91 Å². The van der Waals surface area contributed by atoms with Gasteiger partial charge in [-0.3, -0.25) is 9.48 Å². The minimum Gasteiger partial charge on any atom is -0.381 e. The van der Waals surface area contributed by atoms with Gasteiger partial charge in [-0.05, 0) is 18.9 Å². The summed E-state index contributed by atoms with van der Waals surface area (Å²) >= 11 is 0. The van der Waals surface area contributed by atoms with Gasteiger partial charge in [0.1, 0.15) is 6.54 Å². The molecule has 5 nitrogen and oxygen atoms in total. The third kappa shape index (κ3) is 3.47. The van der Waals surface area contributed by atoms with E-state index in [0.717, 1.165) is 50.0 Å². The highest BCUT2D eigenvalue weighted by Crippen LogP contribution is 2.17. The topological polar surface area (TPSA) is 47.4 Å². The lowest BCUT2D eigenvalue weighted by molar-refractivity contribution is -0.131.